The summed E-state index contributed by atoms with van der Waals surface area (Å²) in [6.45, 7) is 6.59. The molecule has 1 amide bonds. The fraction of sp³-hybridized carbons (Fsp3) is 0.765. The van der Waals surface area contributed by atoms with E-state index in [2.05, 4.69) is 21.8 Å². The number of hydrogen-bond acceptors (Lipinski definition) is 4. The van der Waals surface area contributed by atoms with Crippen LogP contribution >= 0.6 is 0 Å². The normalized spacial score (nSPS) is 21.9. The number of aryl methyl sites for hydroxylation is 1. The van der Waals surface area contributed by atoms with Gasteiger partial charge in [-0.3, -0.25) is 4.68 Å². The van der Waals surface area contributed by atoms with Gasteiger partial charge in [0.05, 0.1) is 0 Å². The summed E-state index contributed by atoms with van der Waals surface area (Å²) in [5.74, 6) is 0. The van der Waals surface area contributed by atoms with E-state index in [1.54, 1.807) is 0 Å². The second kappa shape index (κ2) is 7.81. The number of nitrogens with zero attached hydrogens (tertiary/aromatic N) is 2. The molecule has 0 aliphatic heterocycles. The Morgan fingerprint density at radius 3 is 2.78 bits per heavy atom. The minimum absolute atomic E-state index is 0.202. The van der Waals surface area contributed by atoms with Crippen molar-refractivity contribution in [3.63, 3.8) is 0 Å². The van der Waals surface area contributed by atoms with Gasteiger partial charge in [-0.15, -0.1) is 0 Å². The van der Waals surface area contributed by atoms with Crippen LogP contribution in [0.5, 0.6) is 0 Å². The Kier molecular flexibility index (Phi) is 6.04. The highest BCUT2D eigenvalue weighted by Gasteiger charge is 2.25. The van der Waals surface area contributed by atoms with E-state index in [0.717, 1.165) is 38.6 Å². The van der Waals surface area contributed by atoms with Crippen molar-refractivity contribution < 1.29 is 9.53 Å². The molecule has 1 aliphatic rings. The molecule has 0 saturated heterocycles. The van der Waals surface area contributed by atoms with Crippen LogP contribution in [0.25, 0.3) is 0 Å². The number of aromatic nitrogens is 2. The maximum atomic E-state index is 11.9. The van der Waals surface area contributed by atoms with Crippen LogP contribution in [0.3, 0.4) is 0 Å². The van der Waals surface area contributed by atoms with Gasteiger partial charge in [0.1, 0.15) is 5.60 Å². The van der Waals surface area contributed by atoms with E-state index in [-0.39, 0.29) is 12.1 Å². The van der Waals surface area contributed by atoms with E-state index in [1.165, 1.54) is 5.69 Å². The van der Waals surface area contributed by atoms with E-state index >= 15 is 0 Å². The predicted octanol–water partition coefficient (Wildman–Crippen LogP) is 2.39. The minimum Gasteiger partial charge on any atom is -0.444 e. The van der Waals surface area contributed by atoms with E-state index in [0.29, 0.717) is 6.04 Å². The first-order valence-electron chi connectivity index (χ1n) is 8.53. The Morgan fingerprint density at radius 2 is 2.13 bits per heavy atom. The number of alkyl carbamates (subject to hydrolysis) is 1. The zero-order valence-corrected chi connectivity index (χ0v) is 14.8. The molecule has 1 fully saturated rings. The summed E-state index contributed by atoms with van der Waals surface area (Å²) in [7, 11) is 1.97. The van der Waals surface area contributed by atoms with E-state index in [9.17, 15) is 4.79 Å². The van der Waals surface area contributed by atoms with Gasteiger partial charge in [-0.2, -0.15) is 5.10 Å². The number of carbonyl (C=O) groups excluding carboxylic acids is 1. The first-order valence-corrected chi connectivity index (χ1v) is 8.53. The second-order valence-electron chi connectivity index (χ2n) is 7.36. The lowest BCUT2D eigenvalue weighted by Gasteiger charge is -2.31. The van der Waals surface area contributed by atoms with Gasteiger partial charge < -0.3 is 15.4 Å². The molecule has 2 N–H and O–H groups in total. The van der Waals surface area contributed by atoms with Gasteiger partial charge in [0.2, 0.25) is 0 Å². The van der Waals surface area contributed by atoms with Crippen molar-refractivity contribution in [3.05, 3.63) is 18.0 Å². The van der Waals surface area contributed by atoms with Gasteiger partial charge in [-0.1, -0.05) is 0 Å². The Morgan fingerprint density at radius 1 is 1.39 bits per heavy atom. The fourth-order valence-corrected chi connectivity index (χ4v) is 3.03. The van der Waals surface area contributed by atoms with Crippen LogP contribution in [0.2, 0.25) is 0 Å². The largest absolute Gasteiger partial charge is 0.444 e. The number of carbonyl (C=O) groups is 1. The highest BCUT2D eigenvalue weighted by atomic mass is 16.6. The molecule has 23 heavy (non-hydrogen) atoms. The monoisotopic (exact) mass is 322 g/mol. The van der Waals surface area contributed by atoms with Crippen LogP contribution in [0.4, 0.5) is 4.79 Å². The molecule has 6 nitrogen and oxygen atoms in total. The maximum Gasteiger partial charge on any atom is 0.407 e. The third-order valence-corrected chi connectivity index (χ3v) is 4.13. The third kappa shape index (κ3) is 6.22. The number of ether oxygens (including phenoxy) is 1. The van der Waals surface area contributed by atoms with Crippen LogP contribution in [0.1, 0.15) is 52.1 Å². The first kappa shape index (κ1) is 17.8. The van der Waals surface area contributed by atoms with Crippen LogP contribution in [-0.2, 0) is 18.2 Å². The molecule has 2 unspecified atom stereocenters. The molecule has 0 radical (unpaired) electrons. The molecule has 2 atom stereocenters. The Labute approximate surface area is 139 Å². The fourth-order valence-electron chi connectivity index (χ4n) is 3.03. The van der Waals surface area contributed by atoms with Crippen LogP contribution in [0.15, 0.2) is 12.3 Å². The summed E-state index contributed by atoms with van der Waals surface area (Å²) in [4.78, 5) is 11.9. The zero-order chi connectivity index (χ0) is 16.9. The average molecular weight is 322 g/mol. The topological polar surface area (TPSA) is 68.2 Å². The smallest absolute Gasteiger partial charge is 0.407 e. The summed E-state index contributed by atoms with van der Waals surface area (Å²) in [6.07, 6.45) is 6.78. The van der Waals surface area contributed by atoms with Crippen molar-refractivity contribution in [2.24, 2.45) is 7.05 Å². The van der Waals surface area contributed by atoms with Crippen molar-refractivity contribution in [1.29, 1.82) is 0 Å². The van der Waals surface area contributed by atoms with Crippen LogP contribution in [0, 0.1) is 0 Å². The minimum atomic E-state index is -0.445. The molecule has 1 heterocycles. The van der Waals surface area contributed by atoms with E-state index in [1.807, 2.05) is 38.7 Å². The standard InChI is InChI=1S/C17H30N4O2/c1-17(2,3)23-16(22)20-14-7-5-6-13(12-14)18-10-8-15-9-11-19-21(15)4/h9,11,13-14,18H,5-8,10,12H2,1-4H3,(H,20,22). The molecule has 6 heteroatoms. The Hall–Kier alpha value is -1.56. The van der Waals surface area contributed by atoms with Gasteiger partial charge >= 0.3 is 6.09 Å². The molecule has 2 rings (SSSR count). The van der Waals surface area contributed by atoms with E-state index in [4.69, 9.17) is 4.74 Å². The van der Waals surface area contributed by atoms with Gasteiger partial charge in [0.25, 0.3) is 0 Å². The highest BCUT2D eigenvalue weighted by molar-refractivity contribution is 5.68. The third-order valence-electron chi connectivity index (χ3n) is 4.13. The van der Waals surface area contributed by atoms with Gasteiger partial charge in [-0.05, 0) is 52.5 Å². The van der Waals surface area contributed by atoms with Gasteiger partial charge in [0.15, 0.2) is 0 Å². The van der Waals surface area contributed by atoms with Gasteiger partial charge in [-0.25, -0.2) is 4.79 Å². The molecule has 1 aromatic heterocycles. The molecule has 0 spiro atoms. The summed E-state index contributed by atoms with van der Waals surface area (Å²) >= 11 is 0. The summed E-state index contributed by atoms with van der Waals surface area (Å²) in [5, 5.41) is 10.8. The Bertz CT molecular complexity index is 507. The first-order chi connectivity index (χ1) is 10.8. The molecule has 130 valence electrons. The molecular weight excluding hydrogens is 292 g/mol. The maximum absolute atomic E-state index is 11.9. The summed E-state index contributed by atoms with van der Waals surface area (Å²) < 4.78 is 7.25. The van der Waals surface area contributed by atoms with E-state index < -0.39 is 5.60 Å². The predicted molar refractivity (Wildman–Crippen MR) is 90.3 cm³/mol. The Balaban J connectivity index is 1.71. The van der Waals surface area contributed by atoms with Crippen molar-refractivity contribution in [2.75, 3.05) is 6.54 Å². The lowest BCUT2D eigenvalue weighted by atomic mass is 9.91. The number of nitrogens with one attached hydrogen (secondary N) is 2. The summed E-state index contributed by atoms with van der Waals surface area (Å²) in [6, 6.07) is 2.71. The lowest BCUT2D eigenvalue weighted by molar-refractivity contribution is 0.0489. The van der Waals surface area contributed by atoms with Crippen molar-refractivity contribution in [1.82, 2.24) is 20.4 Å². The highest BCUT2D eigenvalue weighted by Crippen LogP contribution is 2.19. The molecule has 1 aromatic rings. The zero-order valence-electron chi connectivity index (χ0n) is 14.8. The van der Waals surface area contributed by atoms with Crippen LogP contribution < -0.4 is 10.6 Å². The quantitative estimate of drug-likeness (QED) is 0.873. The number of amides is 1. The van der Waals surface area contributed by atoms with Crippen molar-refractivity contribution in [2.45, 2.75) is 70.6 Å². The SMILES string of the molecule is Cn1nccc1CCNC1CCCC(NC(=O)OC(C)(C)C)C1. The van der Waals surface area contributed by atoms with Crippen molar-refractivity contribution in [3.8, 4) is 0 Å². The molecule has 0 bridgehead atoms. The summed E-state index contributed by atoms with van der Waals surface area (Å²) in [5.41, 5.74) is 0.788. The number of hydrogen-bond donors (Lipinski definition) is 2. The molecule has 1 aliphatic carbocycles. The van der Waals surface area contributed by atoms with Crippen molar-refractivity contribution >= 4 is 6.09 Å². The molecular formula is C17H30N4O2. The van der Waals surface area contributed by atoms with Gasteiger partial charge in [0, 0.05) is 44.0 Å². The second-order valence-corrected chi connectivity index (χ2v) is 7.36. The average Bonchev–Trinajstić information content (AvgIpc) is 2.82. The number of rotatable bonds is 5. The lowest BCUT2D eigenvalue weighted by Crippen LogP contribution is -2.46. The molecule has 1 saturated carbocycles. The van der Waals surface area contributed by atoms with Crippen LogP contribution in [-0.4, -0.2) is 40.1 Å². The molecule has 0 aromatic carbocycles.